The lowest BCUT2D eigenvalue weighted by atomic mass is 9.83. The van der Waals surface area contributed by atoms with Gasteiger partial charge in [-0.3, -0.25) is 4.79 Å². The molecule has 0 aromatic rings. The minimum atomic E-state index is -0.188. The molecular formula is C13H24N2O. The van der Waals surface area contributed by atoms with Crippen LogP contribution in [-0.4, -0.2) is 19.0 Å². The highest BCUT2D eigenvalue weighted by molar-refractivity contribution is 5.83. The fourth-order valence-electron chi connectivity index (χ4n) is 1.32. The Morgan fingerprint density at radius 2 is 2.06 bits per heavy atom. The SMILES string of the molecule is C=CC(=C)NC(=O)C(CC(C)(C)CC)NC. The van der Waals surface area contributed by atoms with Gasteiger partial charge in [-0.25, -0.2) is 0 Å². The van der Waals surface area contributed by atoms with Crippen LogP contribution in [0.1, 0.15) is 33.6 Å². The summed E-state index contributed by atoms with van der Waals surface area (Å²) in [5.41, 5.74) is 0.695. The van der Waals surface area contributed by atoms with Gasteiger partial charge in [-0.1, -0.05) is 40.3 Å². The van der Waals surface area contributed by atoms with E-state index in [1.165, 1.54) is 6.08 Å². The molecule has 92 valence electrons. The Morgan fingerprint density at radius 3 is 2.44 bits per heavy atom. The molecule has 0 fully saturated rings. The van der Waals surface area contributed by atoms with Crippen LogP contribution in [0.4, 0.5) is 0 Å². The second-order valence-corrected chi connectivity index (χ2v) is 4.78. The van der Waals surface area contributed by atoms with Crippen molar-refractivity contribution >= 4 is 5.91 Å². The molecule has 0 bridgehead atoms. The molecule has 0 saturated carbocycles. The van der Waals surface area contributed by atoms with Gasteiger partial charge in [0, 0.05) is 5.70 Å². The molecule has 0 heterocycles. The Balaban J connectivity index is 4.44. The average Bonchev–Trinajstić information content (AvgIpc) is 2.25. The molecule has 0 radical (unpaired) electrons. The van der Waals surface area contributed by atoms with Crippen molar-refractivity contribution in [3.63, 3.8) is 0 Å². The van der Waals surface area contributed by atoms with Crippen molar-refractivity contribution in [2.24, 2.45) is 5.41 Å². The molecular weight excluding hydrogens is 200 g/mol. The molecule has 16 heavy (non-hydrogen) atoms. The van der Waals surface area contributed by atoms with Crippen LogP contribution in [0.3, 0.4) is 0 Å². The number of allylic oxidation sites excluding steroid dienone is 1. The summed E-state index contributed by atoms with van der Waals surface area (Å²) in [4.78, 5) is 11.9. The molecule has 0 rings (SSSR count). The maximum Gasteiger partial charge on any atom is 0.241 e. The lowest BCUT2D eigenvalue weighted by molar-refractivity contribution is -0.123. The standard InChI is InChI=1S/C13H24N2O/c1-7-10(3)15-12(16)11(14-6)9-13(4,5)8-2/h7,11,14H,1,3,8-9H2,2,4-6H3,(H,15,16). The van der Waals surface area contributed by atoms with Crippen LogP contribution >= 0.6 is 0 Å². The van der Waals surface area contributed by atoms with Gasteiger partial charge in [0.2, 0.25) is 5.91 Å². The van der Waals surface area contributed by atoms with Crippen molar-refractivity contribution in [3.05, 3.63) is 24.9 Å². The van der Waals surface area contributed by atoms with Gasteiger partial charge in [0.05, 0.1) is 6.04 Å². The Kier molecular flexibility index (Phi) is 6.04. The highest BCUT2D eigenvalue weighted by Crippen LogP contribution is 2.26. The third-order valence-electron chi connectivity index (χ3n) is 2.91. The van der Waals surface area contributed by atoms with Gasteiger partial charge in [0.15, 0.2) is 0 Å². The zero-order valence-electron chi connectivity index (χ0n) is 10.9. The Morgan fingerprint density at radius 1 is 1.50 bits per heavy atom. The van der Waals surface area contributed by atoms with E-state index in [4.69, 9.17) is 0 Å². The first-order valence-electron chi connectivity index (χ1n) is 5.65. The number of rotatable bonds is 7. The fraction of sp³-hybridized carbons (Fsp3) is 0.615. The first-order valence-corrected chi connectivity index (χ1v) is 5.65. The molecule has 0 aromatic heterocycles. The zero-order valence-corrected chi connectivity index (χ0v) is 10.9. The second-order valence-electron chi connectivity index (χ2n) is 4.78. The van der Waals surface area contributed by atoms with Crippen molar-refractivity contribution < 1.29 is 4.79 Å². The van der Waals surface area contributed by atoms with Crippen LogP contribution in [0.25, 0.3) is 0 Å². The van der Waals surface area contributed by atoms with Crippen LogP contribution in [-0.2, 0) is 4.79 Å². The second kappa shape index (κ2) is 6.48. The van der Waals surface area contributed by atoms with Crippen LogP contribution in [0.5, 0.6) is 0 Å². The highest BCUT2D eigenvalue weighted by Gasteiger charge is 2.25. The number of likely N-dealkylation sites (N-methyl/N-ethyl adjacent to an activating group) is 1. The summed E-state index contributed by atoms with van der Waals surface area (Å²) < 4.78 is 0. The first-order chi connectivity index (χ1) is 7.36. The van der Waals surface area contributed by atoms with Crippen LogP contribution in [0.15, 0.2) is 24.9 Å². The normalized spacial score (nSPS) is 13.0. The van der Waals surface area contributed by atoms with Gasteiger partial charge in [0.25, 0.3) is 0 Å². The van der Waals surface area contributed by atoms with Gasteiger partial charge in [-0.05, 0) is 25.0 Å². The Hall–Kier alpha value is -1.09. The van der Waals surface area contributed by atoms with Gasteiger partial charge in [0.1, 0.15) is 0 Å². The molecule has 0 aromatic carbocycles. The molecule has 1 amide bonds. The van der Waals surface area contributed by atoms with Crippen LogP contribution in [0.2, 0.25) is 0 Å². The first kappa shape index (κ1) is 14.9. The maximum atomic E-state index is 11.9. The third kappa shape index (κ3) is 5.12. The van der Waals surface area contributed by atoms with E-state index in [9.17, 15) is 4.79 Å². The molecule has 0 aliphatic heterocycles. The quantitative estimate of drug-likeness (QED) is 0.651. The summed E-state index contributed by atoms with van der Waals surface area (Å²) in [5.74, 6) is -0.0473. The Labute approximate surface area is 99.0 Å². The van der Waals surface area contributed by atoms with Crippen molar-refractivity contribution in [3.8, 4) is 0 Å². The molecule has 0 aliphatic rings. The number of hydrogen-bond donors (Lipinski definition) is 2. The topological polar surface area (TPSA) is 41.1 Å². The number of carbonyl (C=O) groups excluding carboxylic acids is 1. The van der Waals surface area contributed by atoms with Crippen molar-refractivity contribution in [1.82, 2.24) is 10.6 Å². The summed E-state index contributed by atoms with van der Waals surface area (Å²) in [5, 5.41) is 5.75. The minimum Gasteiger partial charge on any atom is -0.325 e. The average molecular weight is 224 g/mol. The van der Waals surface area contributed by atoms with Crippen molar-refractivity contribution in [1.29, 1.82) is 0 Å². The highest BCUT2D eigenvalue weighted by atomic mass is 16.2. The molecule has 1 unspecified atom stereocenters. The molecule has 0 aliphatic carbocycles. The van der Waals surface area contributed by atoms with Crippen LogP contribution < -0.4 is 10.6 Å². The summed E-state index contributed by atoms with van der Waals surface area (Å²) in [7, 11) is 1.80. The minimum absolute atomic E-state index is 0.0473. The fourth-order valence-corrected chi connectivity index (χ4v) is 1.32. The number of amides is 1. The maximum absolute atomic E-state index is 11.9. The van der Waals surface area contributed by atoms with Crippen molar-refractivity contribution in [2.75, 3.05) is 7.05 Å². The number of carbonyl (C=O) groups is 1. The molecule has 3 nitrogen and oxygen atoms in total. The van der Waals surface area contributed by atoms with E-state index in [0.29, 0.717) is 5.70 Å². The molecule has 0 saturated heterocycles. The number of nitrogens with one attached hydrogen (secondary N) is 2. The predicted octanol–water partition coefficient (Wildman–Crippen LogP) is 2.22. The zero-order chi connectivity index (χ0) is 12.8. The summed E-state index contributed by atoms with van der Waals surface area (Å²) in [6.07, 6.45) is 3.38. The molecule has 3 heteroatoms. The third-order valence-corrected chi connectivity index (χ3v) is 2.91. The van der Waals surface area contributed by atoms with Gasteiger partial charge in [-0.15, -0.1) is 0 Å². The molecule has 1 atom stereocenters. The van der Waals surface area contributed by atoms with E-state index in [1.807, 2.05) is 0 Å². The lowest BCUT2D eigenvalue weighted by Gasteiger charge is -2.27. The van der Waals surface area contributed by atoms with Gasteiger partial charge < -0.3 is 10.6 Å². The van der Waals surface area contributed by atoms with E-state index >= 15 is 0 Å². The summed E-state index contributed by atoms with van der Waals surface area (Å²) in [6.45, 7) is 13.7. The molecule has 0 spiro atoms. The number of hydrogen-bond acceptors (Lipinski definition) is 2. The summed E-state index contributed by atoms with van der Waals surface area (Å²) >= 11 is 0. The van der Waals surface area contributed by atoms with E-state index in [2.05, 4.69) is 44.6 Å². The molecule has 2 N–H and O–H groups in total. The van der Waals surface area contributed by atoms with Crippen molar-refractivity contribution in [2.45, 2.75) is 39.7 Å². The van der Waals surface area contributed by atoms with Gasteiger partial charge >= 0.3 is 0 Å². The smallest absolute Gasteiger partial charge is 0.241 e. The summed E-state index contributed by atoms with van der Waals surface area (Å²) in [6, 6.07) is -0.188. The largest absolute Gasteiger partial charge is 0.325 e. The Bertz CT molecular complexity index is 269. The monoisotopic (exact) mass is 224 g/mol. The van der Waals surface area contributed by atoms with E-state index in [0.717, 1.165) is 12.8 Å². The van der Waals surface area contributed by atoms with E-state index < -0.39 is 0 Å². The predicted molar refractivity (Wildman–Crippen MR) is 69.0 cm³/mol. The van der Waals surface area contributed by atoms with Gasteiger partial charge in [-0.2, -0.15) is 0 Å². The van der Waals surface area contributed by atoms with E-state index in [-0.39, 0.29) is 17.4 Å². The van der Waals surface area contributed by atoms with Crippen LogP contribution in [0, 0.1) is 5.41 Å². The van der Waals surface area contributed by atoms with E-state index in [1.54, 1.807) is 7.05 Å². The lowest BCUT2D eigenvalue weighted by Crippen LogP contribution is -2.44.